The van der Waals surface area contributed by atoms with E-state index in [1.807, 2.05) is 0 Å². The molecule has 0 saturated heterocycles. The van der Waals surface area contributed by atoms with Crippen molar-refractivity contribution in [2.45, 2.75) is 48.4 Å². The third-order valence-electron chi connectivity index (χ3n) is 3.65. The quantitative estimate of drug-likeness (QED) is 0.220. The SMILES string of the molecule is CCCN(CCC)CC1=CC([I-]CC)C(C[I-]C(C)(F)F)C=C1. The van der Waals surface area contributed by atoms with Crippen LogP contribution < -0.4 is 42.4 Å². The van der Waals surface area contributed by atoms with E-state index in [1.165, 1.54) is 22.8 Å². The fourth-order valence-electron chi connectivity index (χ4n) is 2.70. The Hall–Kier alpha value is 0.760. The van der Waals surface area contributed by atoms with Gasteiger partial charge in [-0.3, -0.25) is 0 Å². The molecule has 2 unspecified atom stereocenters. The van der Waals surface area contributed by atoms with Crippen LogP contribution >= 0.6 is 0 Å². The summed E-state index contributed by atoms with van der Waals surface area (Å²) in [6.07, 6.45) is 9.26. The van der Waals surface area contributed by atoms with Crippen LogP contribution in [-0.2, 0) is 0 Å². The molecule has 1 aliphatic rings. The van der Waals surface area contributed by atoms with Crippen molar-refractivity contribution >= 4 is 0 Å². The van der Waals surface area contributed by atoms with Crippen molar-refractivity contribution in [1.82, 2.24) is 4.90 Å². The van der Waals surface area contributed by atoms with Crippen molar-refractivity contribution in [3.63, 3.8) is 0 Å². The van der Waals surface area contributed by atoms with E-state index in [2.05, 4.69) is 43.9 Å². The monoisotopic (exact) mass is 553 g/mol. The number of allylic oxidation sites excluding steroid dienone is 2. The summed E-state index contributed by atoms with van der Waals surface area (Å²) in [5.74, 6) is 0.371. The Morgan fingerprint density at radius 2 is 1.83 bits per heavy atom. The third-order valence-corrected chi connectivity index (χ3v) is 9.63. The van der Waals surface area contributed by atoms with E-state index in [4.69, 9.17) is 0 Å². The second kappa shape index (κ2) is 11.4. The first kappa shape index (κ1) is 21.8. The number of nitrogens with zero attached hydrogens (tertiary/aromatic N) is 1. The fourth-order valence-corrected chi connectivity index (χ4v) is 8.68. The van der Waals surface area contributed by atoms with Crippen molar-refractivity contribution in [1.29, 1.82) is 0 Å². The van der Waals surface area contributed by atoms with Crippen LogP contribution in [0.1, 0.15) is 40.5 Å². The average molecular weight is 553 g/mol. The summed E-state index contributed by atoms with van der Waals surface area (Å²) in [6.45, 7) is 11.1. The molecule has 0 aromatic rings. The molecule has 1 rings (SSSR count). The Balaban J connectivity index is 2.67. The summed E-state index contributed by atoms with van der Waals surface area (Å²) < 4.78 is 26.5. The topological polar surface area (TPSA) is 3.24 Å². The fraction of sp³-hybridized carbons (Fsp3) is 0.778. The molecule has 1 nitrogen and oxygen atoms in total. The predicted octanol–water partition coefficient (Wildman–Crippen LogP) is -1.60. The van der Waals surface area contributed by atoms with E-state index in [9.17, 15) is 8.78 Å². The van der Waals surface area contributed by atoms with Crippen molar-refractivity contribution in [2.24, 2.45) is 5.92 Å². The molecule has 0 fully saturated rings. The first-order valence-electron chi connectivity index (χ1n) is 8.56. The van der Waals surface area contributed by atoms with Gasteiger partial charge in [0.05, 0.1) is 0 Å². The van der Waals surface area contributed by atoms with Crippen molar-refractivity contribution in [3.8, 4) is 0 Å². The number of hydrogen-bond donors (Lipinski definition) is 0. The molecule has 23 heavy (non-hydrogen) atoms. The standard InChI is InChI=1S/C18H31F2I2N/c1-5-10-23(11-6-2)14-15-8-9-16(13-22-18(4,19)20)17(12-15)21-7-3/h8-9,12,16-17H,5-7,10-11,13-14H2,1-4H3/q-2. The minimum atomic E-state index is -2.43. The van der Waals surface area contributed by atoms with Crippen LogP contribution in [0.5, 0.6) is 0 Å². The van der Waals surface area contributed by atoms with Crippen molar-refractivity contribution < 1.29 is 51.2 Å². The summed E-state index contributed by atoms with van der Waals surface area (Å²) >= 11 is -0.958. The van der Waals surface area contributed by atoms with Gasteiger partial charge in [-0.05, 0) is 0 Å². The van der Waals surface area contributed by atoms with E-state index in [0.717, 1.165) is 31.0 Å². The average Bonchev–Trinajstić information content (AvgIpc) is 2.46. The van der Waals surface area contributed by atoms with Gasteiger partial charge in [0.25, 0.3) is 0 Å². The molecule has 1 aliphatic carbocycles. The van der Waals surface area contributed by atoms with Crippen molar-refractivity contribution in [3.05, 3.63) is 23.8 Å². The van der Waals surface area contributed by atoms with Gasteiger partial charge < -0.3 is 0 Å². The molecular formula is C18H31F2I2N-2. The molecule has 0 spiro atoms. The van der Waals surface area contributed by atoms with Crippen LogP contribution in [0.4, 0.5) is 8.78 Å². The first-order valence-corrected chi connectivity index (χ1v) is 13.9. The molecule has 138 valence electrons. The molecule has 0 aliphatic heterocycles. The second-order valence-electron chi connectivity index (χ2n) is 5.98. The zero-order chi connectivity index (χ0) is 17.3. The Morgan fingerprint density at radius 1 is 1.17 bits per heavy atom. The molecule has 0 amide bonds. The zero-order valence-electron chi connectivity index (χ0n) is 14.8. The van der Waals surface area contributed by atoms with Gasteiger partial charge in [-0.25, -0.2) is 0 Å². The molecule has 5 heteroatoms. The maximum absolute atomic E-state index is 13.2. The van der Waals surface area contributed by atoms with Gasteiger partial charge in [0, 0.05) is 0 Å². The van der Waals surface area contributed by atoms with Crippen LogP contribution in [-0.4, -0.2) is 41.2 Å². The Labute approximate surface area is 161 Å². The van der Waals surface area contributed by atoms with Gasteiger partial charge >= 0.3 is 163 Å². The molecule has 0 heterocycles. The first-order chi connectivity index (χ1) is 10.9. The zero-order valence-corrected chi connectivity index (χ0v) is 19.1. The summed E-state index contributed by atoms with van der Waals surface area (Å²) in [6, 6.07) is 0. The van der Waals surface area contributed by atoms with Gasteiger partial charge in [-0.2, -0.15) is 0 Å². The molecule has 0 aromatic carbocycles. The summed E-state index contributed by atoms with van der Waals surface area (Å²) in [4.78, 5) is 2.52. The minimum absolute atomic E-state index is 0.0743. The molecule has 0 radical (unpaired) electrons. The maximum atomic E-state index is 13.2. The summed E-state index contributed by atoms with van der Waals surface area (Å²) in [7, 11) is 0. The Morgan fingerprint density at radius 3 is 2.35 bits per heavy atom. The van der Waals surface area contributed by atoms with E-state index in [-0.39, 0.29) is 21.2 Å². The Bertz CT molecular complexity index is 385. The summed E-state index contributed by atoms with van der Waals surface area (Å²) in [5.41, 5.74) is 1.41. The molecule has 0 saturated carbocycles. The second-order valence-corrected chi connectivity index (χ2v) is 13.4. The normalized spacial score (nSPS) is 22.1. The third kappa shape index (κ3) is 9.14. The van der Waals surface area contributed by atoms with E-state index in [1.54, 1.807) is 0 Å². The molecule has 0 bridgehead atoms. The number of alkyl halides is 6. The van der Waals surface area contributed by atoms with Crippen LogP contribution in [0.25, 0.3) is 0 Å². The van der Waals surface area contributed by atoms with Gasteiger partial charge in [0.2, 0.25) is 0 Å². The van der Waals surface area contributed by atoms with Gasteiger partial charge in [-0.15, -0.1) is 0 Å². The Kier molecular flexibility index (Phi) is 10.8. The van der Waals surface area contributed by atoms with Gasteiger partial charge in [-0.1, -0.05) is 0 Å². The number of rotatable bonds is 11. The van der Waals surface area contributed by atoms with Crippen molar-refractivity contribution in [2.75, 3.05) is 28.5 Å². The molecular weight excluding hydrogens is 522 g/mol. The van der Waals surface area contributed by atoms with E-state index < -0.39 is 25.1 Å². The van der Waals surface area contributed by atoms with Gasteiger partial charge in [0.1, 0.15) is 0 Å². The van der Waals surface area contributed by atoms with Crippen LogP contribution in [0.15, 0.2) is 23.8 Å². The van der Waals surface area contributed by atoms with Gasteiger partial charge in [0.15, 0.2) is 0 Å². The number of halogens is 4. The molecule has 2 atom stereocenters. The van der Waals surface area contributed by atoms with Crippen LogP contribution in [0, 0.1) is 5.92 Å². The number of hydrogen-bond acceptors (Lipinski definition) is 1. The van der Waals surface area contributed by atoms with Crippen LogP contribution in [0.2, 0.25) is 0 Å². The summed E-state index contributed by atoms with van der Waals surface area (Å²) in [5, 5.41) is 0. The predicted molar refractivity (Wildman–Crippen MR) is 87.6 cm³/mol. The molecule has 0 aromatic heterocycles. The molecule has 0 N–H and O–H groups in total. The van der Waals surface area contributed by atoms with E-state index in [0.29, 0.717) is 9.84 Å². The van der Waals surface area contributed by atoms with E-state index >= 15 is 0 Å². The van der Waals surface area contributed by atoms with Crippen LogP contribution in [0.3, 0.4) is 0 Å².